The lowest BCUT2D eigenvalue weighted by Gasteiger charge is -2.24. The largest absolute Gasteiger partial charge is 0.444 e. The van der Waals surface area contributed by atoms with Gasteiger partial charge in [0.1, 0.15) is 11.6 Å². The fourth-order valence-corrected chi connectivity index (χ4v) is 3.84. The number of sulfonamides is 1. The number of aromatic nitrogens is 2. The Morgan fingerprint density at radius 1 is 1.19 bits per heavy atom. The van der Waals surface area contributed by atoms with Crippen LogP contribution in [0.1, 0.15) is 41.0 Å². The summed E-state index contributed by atoms with van der Waals surface area (Å²) in [6.07, 6.45) is 0.874. The lowest BCUT2D eigenvalue weighted by molar-refractivity contribution is -0.121. The smallest absolute Gasteiger partial charge is 0.408 e. The minimum absolute atomic E-state index is 0.00921. The van der Waals surface area contributed by atoms with Crippen molar-refractivity contribution in [2.45, 2.75) is 57.6 Å². The van der Waals surface area contributed by atoms with Crippen LogP contribution in [0.25, 0.3) is 11.3 Å². The Bertz CT molecular complexity index is 1080. The number of nitrogens with zero attached hydrogens (tertiary/aromatic N) is 2. The highest BCUT2D eigenvalue weighted by Crippen LogP contribution is 2.21. The number of hydrogen-bond donors (Lipinski definition) is 3. The Morgan fingerprint density at radius 3 is 2.47 bits per heavy atom. The number of nitrogens with two attached hydrogens (primary N) is 1. The molecule has 11 heteroatoms. The van der Waals surface area contributed by atoms with Gasteiger partial charge in [-0.1, -0.05) is 26.0 Å². The number of carbonyl (C=O) groups is 2. The second-order valence-corrected chi connectivity index (χ2v) is 10.3. The molecule has 0 bridgehead atoms. The van der Waals surface area contributed by atoms with Gasteiger partial charge in [0.15, 0.2) is 0 Å². The third-order valence-corrected chi connectivity index (χ3v) is 5.41. The predicted octanol–water partition coefficient (Wildman–Crippen LogP) is 2.47. The van der Waals surface area contributed by atoms with E-state index in [9.17, 15) is 18.0 Å². The van der Waals surface area contributed by atoms with Gasteiger partial charge in [-0.05, 0) is 51.3 Å². The molecule has 2 aromatic rings. The van der Waals surface area contributed by atoms with Gasteiger partial charge in [0.2, 0.25) is 5.95 Å². The number of anilines is 1. The number of rotatable bonds is 7. The monoisotopic (exact) mass is 463 g/mol. The van der Waals surface area contributed by atoms with Crippen LogP contribution < -0.4 is 15.8 Å². The minimum Gasteiger partial charge on any atom is -0.444 e. The summed E-state index contributed by atoms with van der Waals surface area (Å²) in [5.74, 6) is -0.801. The number of carbonyl (C=O) groups excluding carboxylic acids is 2. The van der Waals surface area contributed by atoms with Crippen molar-refractivity contribution in [1.82, 2.24) is 20.0 Å². The van der Waals surface area contributed by atoms with Crippen LogP contribution in [0.3, 0.4) is 0 Å². The van der Waals surface area contributed by atoms with Gasteiger partial charge in [0.05, 0.1) is 10.6 Å². The summed E-state index contributed by atoms with van der Waals surface area (Å²) in [5.41, 5.74) is 5.75. The molecule has 0 saturated carbocycles. The Hall–Kier alpha value is -3.21. The lowest BCUT2D eigenvalue weighted by Crippen LogP contribution is -2.50. The fraction of sp³-hybridized carbons (Fsp3) is 0.429. The molecule has 2 rings (SSSR count). The standard InChI is InChI=1S/C21H29N5O5S/c1-13(2)11-17(25-20(28)31-21(3,4)5)18(27)26-32(29,30)15-8-6-7-14(12-15)16-9-10-23-19(22)24-16/h6-10,12-13,17H,11H2,1-5H3,(H,25,28)(H,26,27)(H2,22,23,24)/t17-/m0/s1. The first kappa shape index (κ1) is 25.1. The molecule has 0 aliphatic heterocycles. The molecule has 174 valence electrons. The highest BCUT2D eigenvalue weighted by Gasteiger charge is 2.28. The minimum atomic E-state index is -4.22. The number of nitrogen functional groups attached to an aromatic ring is 1. The van der Waals surface area contributed by atoms with Gasteiger partial charge in [0.25, 0.3) is 15.9 Å². The summed E-state index contributed by atoms with van der Waals surface area (Å²) >= 11 is 0. The quantitative estimate of drug-likeness (QED) is 0.566. The molecule has 0 fully saturated rings. The predicted molar refractivity (Wildman–Crippen MR) is 120 cm³/mol. The maximum Gasteiger partial charge on any atom is 0.408 e. The highest BCUT2D eigenvalue weighted by molar-refractivity contribution is 7.90. The van der Waals surface area contributed by atoms with E-state index >= 15 is 0 Å². The first-order valence-electron chi connectivity index (χ1n) is 10.0. The molecule has 1 aromatic carbocycles. The molecular weight excluding hydrogens is 434 g/mol. The SMILES string of the molecule is CC(C)C[C@H](NC(=O)OC(C)(C)C)C(=O)NS(=O)(=O)c1cccc(-c2ccnc(N)n2)c1. The van der Waals surface area contributed by atoms with Crippen molar-refractivity contribution in [2.75, 3.05) is 5.73 Å². The zero-order chi connectivity index (χ0) is 24.1. The Labute approximate surface area is 188 Å². The number of amides is 2. The van der Waals surface area contributed by atoms with E-state index in [4.69, 9.17) is 10.5 Å². The summed E-state index contributed by atoms with van der Waals surface area (Å²) in [6, 6.07) is 6.40. The Morgan fingerprint density at radius 2 is 1.88 bits per heavy atom. The highest BCUT2D eigenvalue weighted by atomic mass is 32.2. The maximum atomic E-state index is 12.9. The van der Waals surface area contributed by atoms with Gasteiger partial charge in [0, 0.05) is 11.8 Å². The average molecular weight is 464 g/mol. The van der Waals surface area contributed by atoms with Gasteiger partial charge in [-0.2, -0.15) is 0 Å². The summed E-state index contributed by atoms with van der Waals surface area (Å²) in [5, 5.41) is 2.45. The first-order chi connectivity index (χ1) is 14.8. The van der Waals surface area contributed by atoms with Crippen LogP contribution in [-0.4, -0.2) is 42.0 Å². The molecule has 10 nitrogen and oxygen atoms in total. The molecule has 0 saturated heterocycles. The van der Waals surface area contributed by atoms with Crippen LogP contribution in [0.4, 0.5) is 10.7 Å². The number of hydrogen-bond acceptors (Lipinski definition) is 8. The van der Waals surface area contributed by atoms with Gasteiger partial charge in [-0.3, -0.25) is 4.79 Å². The molecular formula is C21H29N5O5S. The van der Waals surface area contributed by atoms with Gasteiger partial charge in [-0.25, -0.2) is 27.9 Å². The second kappa shape index (κ2) is 9.94. The van der Waals surface area contributed by atoms with E-state index in [2.05, 4.69) is 15.3 Å². The van der Waals surface area contributed by atoms with Crippen LogP contribution >= 0.6 is 0 Å². The Kier molecular flexibility index (Phi) is 7.78. The molecule has 0 unspecified atom stereocenters. The zero-order valence-electron chi connectivity index (χ0n) is 18.7. The molecule has 2 amide bonds. The van der Waals surface area contributed by atoms with Crippen molar-refractivity contribution < 1.29 is 22.7 Å². The zero-order valence-corrected chi connectivity index (χ0v) is 19.6. The van der Waals surface area contributed by atoms with E-state index in [0.717, 1.165) is 0 Å². The van der Waals surface area contributed by atoms with Crippen molar-refractivity contribution in [1.29, 1.82) is 0 Å². The topological polar surface area (TPSA) is 153 Å². The van der Waals surface area contributed by atoms with Crippen LogP contribution in [0.5, 0.6) is 0 Å². The molecule has 32 heavy (non-hydrogen) atoms. The van der Waals surface area contributed by atoms with Crippen molar-refractivity contribution in [3.8, 4) is 11.3 Å². The second-order valence-electron chi connectivity index (χ2n) is 8.63. The molecule has 4 N–H and O–H groups in total. The maximum absolute atomic E-state index is 12.9. The first-order valence-corrected chi connectivity index (χ1v) is 11.5. The van der Waals surface area contributed by atoms with E-state index in [1.807, 2.05) is 18.6 Å². The summed E-state index contributed by atoms with van der Waals surface area (Å²) in [4.78, 5) is 32.7. The average Bonchev–Trinajstić information content (AvgIpc) is 2.65. The third-order valence-electron chi connectivity index (χ3n) is 4.06. The number of benzene rings is 1. The van der Waals surface area contributed by atoms with Crippen LogP contribution in [0.15, 0.2) is 41.4 Å². The fourth-order valence-electron chi connectivity index (χ4n) is 2.77. The van der Waals surface area contributed by atoms with Crippen LogP contribution in [0, 0.1) is 5.92 Å². The summed E-state index contributed by atoms with van der Waals surface area (Å²) in [6.45, 7) is 8.76. The van der Waals surface area contributed by atoms with Gasteiger partial charge >= 0.3 is 6.09 Å². The van der Waals surface area contributed by atoms with E-state index in [1.54, 1.807) is 32.9 Å². The molecule has 0 spiro atoms. The van der Waals surface area contributed by atoms with Crippen molar-refractivity contribution in [2.24, 2.45) is 5.92 Å². The van der Waals surface area contributed by atoms with Gasteiger partial charge < -0.3 is 15.8 Å². The van der Waals surface area contributed by atoms with Crippen molar-refractivity contribution >= 4 is 28.0 Å². The van der Waals surface area contributed by atoms with Crippen LogP contribution in [-0.2, 0) is 19.6 Å². The summed E-state index contributed by atoms with van der Waals surface area (Å²) < 4.78 is 33.0. The van der Waals surface area contributed by atoms with E-state index in [0.29, 0.717) is 11.3 Å². The van der Waals surface area contributed by atoms with Crippen LogP contribution in [0.2, 0.25) is 0 Å². The van der Waals surface area contributed by atoms with Crippen molar-refractivity contribution in [3.05, 3.63) is 36.5 Å². The van der Waals surface area contributed by atoms with Crippen molar-refractivity contribution in [3.63, 3.8) is 0 Å². The molecule has 0 aliphatic carbocycles. The lowest BCUT2D eigenvalue weighted by atomic mass is 10.0. The van der Waals surface area contributed by atoms with E-state index < -0.39 is 33.7 Å². The summed E-state index contributed by atoms with van der Waals surface area (Å²) in [7, 11) is -4.22. The molecule has 0 radical (unpaired) electrons. The molecule has 1 atom stereocenters. The third kappa shape index (κ3) is 7.49. The number of alkyl carbamates (subject to hydrolysis) is 1. The number of nitrogens with one attached hydrogen (secondary N) is 2. The molecule has 1 aromatic heterocycles. The Balaban J connectivity index is 2.23. The molecule has 0 aliphatic rings. The van der Waals surface area contributed by atoms with E-state index in [1.165, 1.54) is 24.4 Å². The normalized spacial score (nSPS) is 12.8. The van der Waals surface area contributed by atoms with Gasteiger partial charge in [-0.15, -0.1) is 0 Å². The van der Waals surface area contributed by atoms with E-state index in [-0.39, 0.29) is 23.2 Å². The number of ether oxygens (including phenoxy) is 1. The molecule has 1 heterocycles.